The number of piperidine rings is 1. The van der Waals surface area contributed by atoms with Crippen molar-refractivity contribution in [1.82, 2.24) is 9.80 Å². The van der Waals surface area contributed by atoms with Gasteiger partial charge in [-0.3, -0.25) is 9.59 Å². The number of fused-ring (bicyclic) bond motifs is 1. The lowest BCUT2D eigenvalue weighted by Gasteiger charge is -2.35. The largest absolute Gasteiger partial charge is 0.340 e. The van der Waals surface area contributed by atoms with Crippen LogP contribution in [0.25, 0.3) is 0 Å². The summed E-state index contributed by atoms with van der Waals surface area (Å²) in [5.41, 5.74) is 0. The molecule has 2 unspecified atom stereocenters. The number of hydrogen-bond donors (Lipinski definition) is 0. The summed E-state index contributed by atoms with van der Waals surface area (Å²) in [5, 5.41) is 0. The Kier molecular flexibility index (Phi) is 4.48. The number of nitrogens with zero attached hydrogens (tertiary/aromatic N) is 2. The average Bonchev–Trinajstić information content (AvgIpc) is 2.51. The summed E-state index contributed by atoms with van der Waals surface area (Å²) in [5.74, 6) is 1.39. The van der Waals surface area contributed by atoms with Crippen molar-refractivity contribution in [1.29, 1.82) is 0 Å². The molecule has 0 bridgehead atoms. The van der Waals surface area contributed by atoms with E-state index >= 15 is 0 Å². The Balaban J connectivity index is 2.09. The summed E-state index contributed by atoms with van der Waals surface area (Å²) in [6.07, 6.45) is 3.44. The highest BCUT2D eigenvalue weighted by atomic mass is 16.2. The van der Waals surface area contributed by atoms with Crippen LogP contribution in [0.1, 0.15) is 46.5 Å². The summed E-state index contributed by atoms with van der Waals surface area (Å²) in [7, 11) is 0. The second-order valence-electron chi connectivity index (χ2n) is 6.35. The van der Waals surface area contributed by atoms with Crippen LogP contribution in [0.5, 0.6) is 0 Å². The molecule has 0 saturated carbocycles. The van der Waals surface area contributed by atoms with Crippen LogP contribution in [0.4, 0.5) is 0 Å². The van der Waals surface area contributed by atoms with Crippen LogP contribution in [-0.2, 0) is 9.59 Å². The maximum absolute atomic E-state index is 12.6. The Morgan fingerprint density at radius 3 is 2.58 bits per heavy atom. The molecule has 0 aromatic heterocycles. The molecule has 0 spiro atoms. The van der Waals surface area contributed by atoms with Gasteiger partial charge in [-0.25, -0.2) is 0 Å². The molecule has 2 fully saturated rings. The first-order valence-electron chi connectivity index (χ1n) is 7.59. The molecule has 2 aliphatic rings. The van der Waals surface area contributed by atoms with E-state index in [0.717, 1.165) is 32.4 Å². The zero-order chi connectivity index (χ0) is 14.0. The van der Waals surface area contributed by atoms with Crippen molar-refractivity contribution < 1.29 is 9.59 Å². The Labute approximate surface area is 116 Å². The number of carbonyl (C=O) groups excluding carboxylic acids is 2. The van der Waals surface area contributed by atoms with Gasteiger partial charge in [-0.1, -0.05) is 20.8 Å². The highest BCUT2D eigenvalue weighted by Gasteiger charge is 2.37. The summed E-state index contributed by atoms with van der Waals surface area (Å²) >= 11 is 0. The van der Waals surface area contributed by atoms with Crippen molar-refractivity contribution in [2.45, 2.75) is 52.5 Å². The van der Waals surface area contributed by atoms with Gasteiger partial charge in [-0.15, -0.1) is 0 Å². The molecule has 0 aromatic carbocycles. The van der Waals surface area contributed by atoms with Gasteiger partial charge in [-0.2, -0.15) is 0 Å². The molecule has 0 N–H and O–H groups in total. The molecule has 0 radical (unpaired) electrons. The minimum absolute atomic E-state index is 0.165. The van der Waals surface area contributed by atoms with E-state index in [-0.39, 0.29) is 17.9 Å². The summed E-state index contributed by atoms with van der Waals surface area (Å²) in [6.45, 7) is 8.71. The van der Waals surface area contributed by atoms with Crippen molar-refractivity contribution in [2.24, 2.45) is 11.8 Å². The molecule has 2 aliphatic heterocycles. The van der Waals surface area contributed by atoms with Gasteiger partial charge < -0.3 is 9.80 Å². The second kappa shape index (κ2) is 5.93. The molecule has 2 atom stereocenters. The molecule has 0 aromatic rings. The third-order valence-corrected chi connectivity index (χ3v) is 4.66. The topological polar surface area (TPSA) is 40.6 Å². The molecule has 4 nitrogen and oxygen atoms in total. The van der Waals surface area contributed by atoms with Crippen LogP contribution < -0.4 is 0 Å². The quantitative estimate of drug-likeness (QED) is 0.782. The van der Waals surface area contributed by atoms with Crippen LogP contribution in [-0.4, -0.2) is 47.3 Å². The van der Waals surface area contributed by atoms with E-state index in [0.29, 0.717) is 24.8 Å². The summed E-state index contributed by atoms with van der Waals surface area (Å²) in [6, 6.07) is -0.178. The van der Waals surface area contributed by atoms with Gasteiger partial charge in [-0.05, 0) is 31.1 Å². The van der Waals surface area contributed by atoms with Gasteiger partial charge in [0.05, 0.1) is 0 Å². The van der Waals surface area contributed by atoms with Gasteiger partial charge >= 0.3 is 0 Å². The first kappa shape index (κ1) is 14.4. The van der Waals surface area contributed by atoms with Crippen LogP contribution in [0.3, 0.4) is 0 Å². The first-order chi connectivity index (χ1) is 9.00. The Morgan fingerprint density at radius 1 is 1.16 bits per heavy atom. The first-order valence-corrected chi connectivity index (χ1v) is 7.59. The van der Waals surface area contributed by atoms with Crippen molar-refractivity contribution in [2.75, 3.05) is 19.6 Å². The van der Waals surface area contributed by atoms with Crippen LogP contribution in [0, 0.1) is 11.8 Å². The van der Waals surface area contributed by atoms with E-state index in [1.165, 1.54) is 0 Å². The molecule has 0 aliphatic carbocycles. The molecule has 2 amide bonds. The zero-order valence-electron chi connectivity index (χ0n) is 12.4. The van der Waals surface area contributed by atoms with Crippen LogP contribution >= 0.6 is 0 Å². The third-order valence-electron chi connectivity index (χ3n) is 4.66. The van der Waals surface area contributed by atoms with Crippen LogP contribution in [0.2, 0.25) is 0 Å². The number of amides is 2. The van der Waals surface area contributed by atoms with Gasteiger partial charge in [0.1, 0.15) is 6.04 Å². The van der Waals surface area contributed by atoms with E-state index in [2.05, 4.69) is 20.8 Å². The minimum atomic E-state index is -0.178. The number of rotatable bonds is 3. The fraction of sp³-hybridized carbons (Fsp3) is 0.867. The Hall–Kier alpha value is -1.06. The maximum Gasteiger partial charge on any atom is 0.245 e. The molecule has 4 heteroatoms. The highest BCUT2D eigenvalue weighted by Crippen LogP contribution is 2.24. The van der Waals surface area contributed by atoms with Crippen molar-refractivity contribution in [3.05, 3.63) is 0 Å². The van der Waals surface area contributed by atoms with Gasteiger partial charge in [0.15, 0.2) is 0 Å². The normalized spacial score (nSPS) is 26.4. The lowest BCUT2D eigenvalue weighted by molar-refractivity contribution is -0.143. The Morgan fingerprint density at radius 2 is 1.89 bits per heavy atom. The van der Waals surface area contributed by atoms with Crippen molar-refractivity contribution in [3.8, 4) is 0 Å². The van der Waals surface area contributed by atoms with E-state index < -0.39 is 0 Å². The number of hydrogen-bond acceptors (Lipinski definition) is 2. The SMILES string of the molecule is CC(C)C(C)CN1CCC(=O)N2CCCCC2C1=O. The van der Waals surface area contributed by atoms with Gasteiger partial charge in [0.2, 0.25) is 11.8 Å². The van der Waals surface area contributed by atoms with Crippen molar-refractivity contribution >= 4 is 11.8 Å². The molecule has 108 valence electrons. The average molecular weight is 266 g/mol. The highest BCUT2D eigenvalue weighted by molar-refractivity contribution is 5.90. The monoisotopic (exact) mass is 266 g/mol. The standard InChI is InChI=1S/C15H26N2O2/c1-11(2)12(3)10-16-9-7-14(18)17-8-5-4-6-13(17)15(16)19/h11-13H,4-10H2,1-3H3. The summed E-state index contributed by atoms with van der Waals surface area (Å²) < 4.78 is 0. The summed E-state index contributed by atoms with van der Waals surface area (Å²) in [4.78, 5) is 28.5. The zero-order valence-corrected chi connectivity index (χ0v) is 12.4. The van der Waals surface area contributed by atoms with Crippen LogP contribution in [0.15, 0.2) is 0 Å². The molecule has 19 heavy (non-hydrogen) atoms. The maximum atomic E-state index is 12.6. The van der Waals surface area contributed by atoms with E-state index in [4.69, 9.17) is 0 Å². The molecule has 2 heterocycles. The number of carbonyl (C=O) groups is 2. The van der Waals surface area contributed by atoms with Gasteiger partial charge in [0, 0.05) is 26.1 Å². The van der Waals surface area contributed by atoms with E-state index in [1.54, 1.807) is 0 Å². The van der Waals surface area contributed by atoms with E-state index in [9.17, 15) is 9.59 Å². The fourth-order valence-corrected chi connectivity index (χ4v) is 2.92. The predicted molar refractivity (Wildman–Crippen MR) is 74.6 cm³/mol. The lowest BCUT2D eigenvalue weighted by Crippen LogP contribution is -2.50. The molecule has 2 saturated heterocycles. The molecular weight excluding hydrogens is 240 g/mol. The minimum Gasteiger partial charge on any atom is -0.340 e. The molecule has 2 rings (SSSR count). The van der Waals surface area contributed by atoms with Gasteiger partial charge in [0.25, 0.3) is 0 Å². The van der Waals surface area contributed by atoms with E-state index in [1.807, 2.05) is 9.80 Å². The lowest BCUT2D eigenvalue weighted by atomic mass is 9.96. The predicted octanol–water partition coefficient (Wildman–Crippen LogP) is 1.89. The van der Waals surface area contributed by atoms with Crippen molar-refractivity contribution in [3.63, 3.8) is 0 Å². The third kappa shape index (κ3) is 3.10. The smallest absolute Gasteiger partial charge is 0.245 e. The fourth-order valence-electron chi connectivity index (χ4n) is 2.92. The second-order valence-corrected chi connectivity index (χ2v) is 6.35. The Bertz CT molecular complexity index is 354. The molecular formula is C15H26N2O2.